The summed E-state index contributed by atoms with van der Waals surface area (Å²) in [6, 6.07) is 18.9. The van der Waals surface area contributed by atoms with Gasteiger partial charge in [-0.2, -0.15) is 0 Å². The van der Waals surface area contributed by atoms with E-state index in [1.807, 2.05) is 54.6 Å². The fraction of sp³-hybridized carbons (Fsp3) is 0.310. The van der Waals surface area contributed by atoms with Crippen LogP contribution in [0.25, 0.3) is 10.8 Å². The monoisotopic (exact) mass is 458 g/mol. The Labute approximate surface area is 199 Å². The molecule has 0 bridgehead atoms. The number of ether oxygens (including phenoxy) is 1. The third kappa shape index (κ3) is 5.72. The lowest BCUT2D eigenvalue weighted by atomic mass is 9.88. The Morgan fingerprint density at radius 1 is 1.06 bits per heavy atom. The van der Waals surface area contributed by atoms with Gasteiger partial charge in [0.25, 0.3) is 0 Å². The van der Waals surface area contributed by atoms with E-state index in [-0.39, 0.29) is 23.2 Å². The predicted octanol–water partition coefficient (Wildman–Crippen LogP) is 5.23. The highest BCUT2D eigenvalue weighted by Crippen LogP contribution is 2.33. The van der Waals surface area contributed by atoms with Crippen LogP contribution in [0, 0.1) is 11.8 Å². The molecule has 2 N–H and O–H groups in total. The van der Waals surface area contributed by atoms with Crippen molar-refractivity contribution < 1.29 is 24.5 Å². The molecule has 1 fully saturated rings. The number of carboxylic acid groups (broad SMARTS) is 1. The Morgan fingerprint density at radius 3 is 2.50 bits per heavy atom. The van der Waals surface area contributed by atoms with Crippen molar-refractivity contribution in [2.24, 2.45) is 11.8 Å². The van der Waals surface area contributed by atoms with Crippen LogP contribution in [0.5, 0.6) is 5.75 Å². The second-order valence-electron chi connectivity index (χ2n) is 9.02. The molecule has 0 heterocycles. The minimum absolute atomic E-state index is 0.0572. The molecule has 3 aromatic rings. The molecule has 0 amide bonds. The van der Waals surface area contributed by atoms with Crippen molar-refractivity contribution >= 4 is 22.5 Å². The van der Waals surface area contributed by atoms with Gasteiger partial charge in [-0.3, -0.25) is 4.79 Å². The van der Waals surface area contributed by atoms with Crippen LogP contribution in [0.4, 0.5) is 0 Å². The molecule has 3 unspecified atom stereocenters. The Bertz CT molecular complexity index is 1190. The van der Waals surface area contributed by atoms with Gasteiger partial charge in [-0.1, -0.05) is 48.6 Å². The van der Waals surface area contributed by atoms with E-state index in [0.717, 1.165) is 46.9 Å². The van der Waals surface area contributed by atoms with Crippen molar-refractivity contribution in [3.8, 4) is 5.75 Å². The third-order valence-electron chi connectivity index (χ3n) is 6.74. The van der Waals surface area contributed by atoms with Gasteiger partial charge in [0, 0.05) is 18.8 Å². The summed E-state index contributed by atoms with van der Waals surface area (Å²) >= 11 is 0. The van der Waals surface area contributed by atoms with Crippen molar-refractivity contribution in [3.05, 3.63) is 89.5 Å². The summed E-state index contributed by atoms with van der Waals surface area (Å²) in [5.74, 6) is 0.227. The maximum absolute atomic E-state index is 12.5. The van der Waals surface area contributed by atoms with Gasteiger partial charge in [-0.15, -0.1) is 0 Å². The standard InChI is InChI=1S/C29H30O5/c1-34-26-13-10-23-16-20(4-8-24(23)18-26)17-25(30)12-9-21-11-15-28(31)27(21)14-5-19-2-6-22(7-3-19)29(32)33/h2-4,6-10,12-13,16,18,21,25,27,30H,5,11,14-15,17H2,1H3,(H,32,33). The normalized spacial score (nSPS) is 19.1. The number of allylic oxidation sites excluding steroid dienone is 1. The van der Waals surface area contributed by atoms with Gasteiger partial charge in [0.1, 0.15) is 11.5 Å². The molecule has 5 nitrogen and oxygen atoms in total. The smallest absolute Gasteiger partial charge is 0.335 e. The number of hydrogen-bond acceptors (Lipinski definition) is 4. The van der Waals surface area contributed by atoms with Crippen LogP contribution in [0.15, 0.2) is 72.8 Å². The molecule has 1 aliphatic carbocycles. The number of hydrogen-bond donors (Lipinski definition) is 2. The van der Waals surface area contributed by atoms with E-state index in [0.29, 0.717) is 12.8 Å². The van der Waals surface area contributed by atoms with E-state index in [9.17, 15) is 14.7 Å². The van der Waals surface area contributed by atoms with Crippen LogP contribution in [0.1, 0.15) is 40.7 Å². The van der Waals surface area contributed by atoms with Gasteiger partial charge in [0.05, 0.1) is 18.8 Å². The number of carbonyl (C=O) groups excluding carboxylic acids is 1. The van der Waals surface area contributed by atoms with Crippen LogP contribution in [0.3, 0.4) is 0 Å². The number of Topliss-reactive ketones (excluding diaryl/α,β-unsaturated/α-hetero) is 1. The molecule has 0 radical (unpaired) electrons. The van der Waals surface area contributed by atoms with E-state index >= 15 is 0 Å². The molecule has 1 aliphatic rings. The summed E-state index contributed by atoms with van der Waals surface area (Å²) in [5, 5.41) is 21.8. The highest BCUT2D eigenvalue weighted by molar-refractivity contribution is 5.87. The lowest BCUT2D eigenvalue weighted by Crippen LogP contribution is -2.15. The van der Waals surface area contributed by atoms with Crippen molar-refractivity contribution in [2.45, 2.75) is 38.2 Å². The number of fused-ring (bicyclic) bond motifs is 1. The summed E-state index contributed by atoms with van der Waals surface area (Å²) in [4.78, 5) is 23.5. The van der Waals surface area contributed by atoms with E-state index in [1.54, 1.807) is 19.2 Å². The van der Waals surface area contributed by atoms with Crippen molar-refractivity contribution in [1.82, 2.24) is 0 Å². The average Bonchev–Trinajstić information content (AvgIpc) is 3.20. The number of aromatic carboxylic acids is 1. The molecule has 0 spiro atoms. The van der Waals surface area contributed by atoms with Crippen molar-refractivity contribution in [3.63, 3.8) is 0 Å². The summed E-state index contributed by atoms with van der Waals surface area (Å²) < 4.78 is 5.28. The molecule has 176 valence electrons. The van der Waals surface area contributed by atoms with E-state index < -0.39 is 12.1 Å². The second kappa shape index (κ2) is 10.7. The fourth-order valence-corrected chi connectivity index (χ4v) is 4.78. The molecular weight excluding hydrogens is 428 g/mol. The zero-order valence-corrected chi connectivity index (χ0v) is 19.3. The fourth-order valence-electron chi connectivity index (χ4n) is 4.78. The lowest BCUT2D eigenvalue weighted by Gasteiger charge is -2.16. The molecular formula is C29H30O5. The molecule has 1 saturated carbocycles. The van der Waals surface area contributed by atoms with Crippen LogP contribution < -0.4 is 4.74 Å². The van der Waals surface area contributed by atoms with Crippen LogP contribution in [-0.4, -0.2) is 35.2 Å². The minimum atomic E-state index is -0.940. The quantitative estimate of drug-likeness (QED) is 0.429. The number of methoxy groups -OCH3 is 1. The molecule has 3 aromatic carbocycles. The van der Waals surface area contributed by atoms with Crippen molar-refractivity contribution in [2.75, 3.05) is 7.11 Å². The van der Waals surface area contributed by atoms with Gasteiger partial charge in [-0.05, 0) is 71.3 Å². The number of benzene rings is 3. The summed E-state index contributed by atoms with van der Waals surface area (Å²) in [7, 11) is 1.65. The number of rotatable bonds is 9. The predicted molar refractivity (Wildman–Crippen MR) is 132 cm³/mol. The molecule has 0 saturated heterocycles. The Kier molecular flexibility index (Phi) is 7.43. The van der Waals surface area contributed by atoms with E-state index in [4.69, 9.17) is 9.84 Å². The molecule has 0 aromatic heterocycles. The number of carboxylic acids is 1. The first-order valence-electron chi connectivity index (χ1n) is 11.7. The Balaban J connectivity index is 1.35. The minimum Gasteiger partial charge on any atom is -0.497 e. The maximum Gasteiger partial charge on any atom is 0.335 e. The van der Waals surface area contributed by atoms with Gasteiger partial charge < -0.3 is 14.9 Å². The molecule has 5 heteroatoms. The molecule has 4 rings (SSSR count). The van der Waals surface area contributed by atoms with Gasteiger partial charge in [-0.25, -0.2) is 4.79 Å². The maximum atomic E-state index is 12.5. The number of carbonyl (C=O) groups is 2. The first kappa shape index (κ1) is 23.7. The van der Waals surface area contributed by atoms with Crippen molar-refractivity contribution in [1.29, 1.82) is 0 Å². The number of aryl methyl sites for hydroxylation is 1. The van der Waals surface area contributed by atoms with E-state index in [1.165, 1.54) is 0 Å². The molecule has 34 heavy (non-hydrogen) atoms. The molecule has 0 aliphatic heterocycles. The van der Waals surface area contributed by atoms with Crippen LogP contribution in [-0.2, 0) is 17.6 Å². The largest absolute Gasteiger partial charge is 0.497 e. The second-order valence-corrected chi connectivity index (χ2v) is 9.02. The molecule has 3 atom stereocenters. The average molecular weight is 459 g/mol. The number of ketones is 1. The van der Waals surface area contributed by atoms with Crippen LogP contribution >= 0.6 is 0 Å². The van der Waals surface area contributed by atoms with Gasteiger partial charge >= 0.3 is 5.97 Å². The topological polar surface area (TPSA) is 83.8 Å². The van der Waals surface area contributed by atoms with Gasteiger partial charge in [0.15, 0.2) is 0 Å². The lowest BCUT2D eigenvalue weighted by molar-refractivity contribution is -0.121. The van der Waals surface area contributed by atoms with Crippen LogP contribution in [0.2, 0.25) is 0 Å². The number of aliphatic hydroxyl groups is 1. The summed E-state index contributed by atoms with van der Waals surface area (Å²) in [5.41, 5.74) is 2.35. The highest BCUT2D eigenvalue weighted by Gasteiger charge is 2.32. The Hall–Kier alpha value is -3.44. The first-order valence-corrected chi connectivity index (χ1v) is 11.7. The SMILES string of the molecule is COc1ccc2cc(CC(O)C=CC3CCC(=O)C3CCc3ccc(C(=O)O)cc3)ccc2c1. The first-order chi connectivity index (χ1) is 16.4. The Morgan fingerprint density at radius 2 is 1.76 bits per heavy atom. The number of aliphatic hydroxyl groups excluding tert-OH is 1. The zero-order chi connectivity index (χ0) is 24.1. The van der Waals surface area contributed by atoms with E-state index in [2.05, 4.69) is 6.07 Å². The summed E-state index contributed by atoms with van der Waals surface area (Å²) in [6.45, 7) is 0. The third-order valence-corrected chi connectivity index (χ3v) is 6.74. The highest BCUT2D eigenvalue weighted by atomic mass is 16.5. The zero-order valence-electron chi connectivity index (χ0n) is 19.3. The van der Waals surface area contributed by atoms with Gasteiger partial charge in [0.2, 0.25) is 0 Å². The summed E-state index contributed by atoms with van der Waals surface area (Å²) in [6.07, 6.45) is 6.57.